The van der Waals surface area contributed by atoms with E-state index >= 15 is 0 Å². The number of benzene rings is 2. The highest BCUT2D eigenvalue weighted by molar-refractivity contribution is 5.46. The van der Waals surface area contributed by atoms with Crippen molar-refractivity contribution in [3.05, 3.63) is 71.3 Å². The van der Waals surface area contributed by atoms with Crippen molar-refractivity contribution in [2.75, 3.05) is 0 Å². The molecule has 3 unspecified atom stereocenters. The summed E-state index contributed by atoms with van der Waals surface area (Å²) in [5.41, 5.74) is 4.67. The lowest BCUT2D eigenvalue weighted by Gasteiger charge is -2.24. The van der Waals surface area contributed by atoms with Crippen LogP contribution in [0.25, 0.3) is 0 Å². The van der Waals surface area contributed by atoms with Crippen LogP contribution in [0.4, 0.5) is 0 Å². The molecule has 0 N–H and O–H groups in total. The molecule has 0 bridgehead atoms. The van der Waals surface area contributed by atoms with Gasteiger partial charge in [-0.05, 0) is 34.9 Å². The second kappa shape index (κ2) is 5.83. The van der Waals surface area contributed by atoms with Gasteiger partial charge in [0.15, 0.2) is 0 Å². The lowest BCUT2D eigenvalue weighted by atomic mass is 9.79. The highest BCUT2D eigenvalue weighted by atomic mass is 14.4. The molecule has 0 heteroatoms. The Bertz CT molecular complexity index is 555. The van der Waals surface area contributed by atoms with Gasteiger partial charge in [0.25, 0.3) is 0 Å². The Balaban J connectivity index is 2.09. The third-order valence-corrected chi connectivity index (χ3v) is 4.91. The zero-order valence-electron chi connectivity index (χ0n) is 12.5. The van der Waals surface area contributed by atoms with Gasteiger partial charge in [0.1, 0.15) is 0 Å². The van der Waals surface area contributed by atoms with Gasteiger partial charge in [-0.2, -0.15) is 0 Å². The van der Waals surface area contributed by atoms with Gasteiger partial charge in [-0.3, -0.25) is 0 Å². The molecule has 0 aromatic heterocycles. The van der Waals surface area contributed by atoms with Crippen molar-refractivity contribution in [3.8, 4) is 0 Å². The molecule has 0 aliphatic heterocycles. The van der Waals surface area contributed by atoms with Gasteiger partial charge < -0.3 is 0 Å². The highest BCUT2D eigenvalue weighted by Crippen LogP contribution is 2.52. The first kappa shape index (κ1) is 13.4. The van der Waals surface area contributed by atoms with Gasteiger partial charge in [-0.15, -0.1) is 0 Å². The lowest BCUT2D eigenvalue weighted by Crippen LogP contribution is -2.12. The molecule has 0 radical (unpaired) electrons. The second-order valence-electron chi connectivity index (χ2n) is 5.98. The number of rotatable bonds is 4. The summed E-state index contributed by atoms with van der Waals surface area (Å²) in [6.45, 7) is 4.67. The van der Waals surface area contributed by atoms with Crippen LogP contribution in [0.3, 0.4) is 0 Å². The first-order valence-corrected chi connectivity index (χ1v) is 8.00. The topological polar surface area (TPSA) is 0 Å². The van der Waals surface area contributed by atoms with Gasteiger partial charge in [0.05, 0.1) is 0 Å². The third-order valence-electron chi connectivity index (χ3n) is 4.91. The Morgan fingerprint density at radius 1 is 0.800 bits per heavy atom. The van der Waals surface area contributed by atoms with E-state index in [1.807, 2.05) is 0 Å². The first-order chi connectivity index (χ1) is 9.86. The summed E-state index contributed by atoms with van der Waals surface area (Å²) >= 11 is 0. The summed E-state index contributed by atoms with van der Waals surface area (Å²) in [7, 11) is 0. The molecule has 1 aliphatic rings. The Morgan fingerprint density at radius 3 is 2.10 bits per heavy atom. The van der Waals surface area contributed by atoms with Gasteiger partial charge in [-0.25, -0.2) is 0 Å². The molecule has 3 atom stereocenters. The lowest BCUT2D eigenvalue weighted by molar-refractivity contribution is 0.386. The van der Waals surface area contributed by atoms with Crippen molar-refractivity contribution in [2.45, 2.75) is 44.9 Å². The van der Waals surface area contributed by atoms with E-state index in [1.54, 1.807) is 11.1 Å². The van der Waals surface area contributed by atoms with Crippen LogP contribution in [-0.2, 0) is 0 Å². The van der Waals surface area contributed by atoms with E-state index in [4.69, 9.17) is 0 Å². The van der Waals surface area contributed by atoms with Crippen LogP contribution in [0.1, 0.15) is 61.6 Å². The van der Waals surface area contributed by atoms with Crippen molar-refractivity contribution >= 4 is 0 Å². The van der Waals surface area contributed by atoms with Crippen molar-refractivity contribution in [2.24, 2.45) is 5.92 Å². The van der Waals surface area contributed by atoms with Crippen LogP contribution in [0.5, 0.6) is 0 Å². The van der Waals surface area contributed by atoms with Crippen molar-refractivity contribution in [3.63, 3.8) is 0 Å². The largest absolute Gasteiger partial charge is 0.0654 e. The third kappa shape index (κ3) is 2.18. The van der Waals surface area contributed by atoms with Crippen LogP contribution >= 0.6 is 0 Å². The van der Waals surface area contributed by atoms with Gasteiger partial charge >= 0.3 is 0 Å². The summed E-state index contributed by atoms with van der Waals surface area (Å²) in [5.74, 6) is 2.09. The summed E-state index contributed by atoms with van der Waals surface area (Å²) in [4.78, 5) is 0. The molecule has 20 heavy (non-hydrogen) atoms. The van der Waals surface area contributed by atoms with Gasteiger partial charge in [0.2, 0.25) is 0 Å². The second-order valence-corrected chi connectivity index (χ2v) is 5.98. The van der Waals surface area contributed by atoms with E-state index in [9.17, 15) is 0 Å². The maximum atomic E-state index is 2.36. The zero-order chi connectivity index (χ0) is 13.9. The fraction of sp³-hybridized carbons (Fsp3) is 0.400. The summed E-state index contributed by atoms with van der Waals surface area (Å²) in [6, 6.07) is 20.2. The average Bonchev–Trinajstić information content (AvgIpc) is 2.82. The van der Waals surface area contributed by atoms with Crippen LogP contribution in [0, 0.1) is 5.92 Å². The van der Waals surface area contributed by atoms with Gasteiger partial charge in [0, 0.05) is 5.92 Å². The van der Waals surface area contributed by atoms with E-state index in [1.165, 1.54) is 24.8 Å². The molecule has 2 aromatic carbocycles. The minimum atomic E-state index is 0.592. The van der Waals surface area contributed by atoms with Crippen molar-refractivity contribution in [1.29, 1.82) is 0 Å². The minimum absolute atomic E-state index is 0.592. The monoisotopic (exact) mass is 264 g/mol. The molecule has 0 heterocycles. The summed E-state index contributed by atoms with van der Waals surface area (Å²) < 4.78 is 0. The molecule has 2 aromatic rings. The average molecular weight is 264 g/mol. The smallest absolute Gasteiger partial charge is 0.0126 e. The van der Waals surface area contributed by atoms with Crippen LogP contribution in [-0.4, -0.2) is 0 Å². The predicted octanol–water partition coefficient (Wildman–Crippen LogP) is 5.74. The minimum Gasteiger partial charge on any atom is -0.0654 e. The Hall–Kier alpha value is -1.56. The molecule has 0 saturated heterocycles. The standard InChI is InChI=1S/C20H24/c1-3-10-17-16(4-2)20(15-11-6-5-7-12-15)19-14-9-8-13-18(17)19/h5-9,11-14,16-17,20H,3-4,10H2,1-2H3. The maximum absolute atomic E-state index is 2.36. The molecular weight excluding hydrogens is 240 g/mol. The van der Waals surface area contributed by atoms with E-state index in [0.717, 1.165) is 11.8 Å². The van der Waals surface area contributed by atoms with Crippen LogP contribution in [0.15, 0.2) is 54.6 Å². The highest BCUT2D eigenvalue weighted by Gasteiger charge is 2.39. The van der Waals surface area contributed by atoms with Crippen LogP contribution < -0.4 is 0 Å². The first-order valence-electron chi connectivity index (χ1n) is 8.00. The normalized spacial score (nSPS) is 24.6. The van der Waals surface area contributed by atoms with Gasteiger partial charge in [-0.1, -0.05) is 81.3 Å². The van der Waals surface area contributed by atoms with Crippen molar-refractivity contribution in [1.82, 2.24) is 0 Å². The molecule has 0 nitrogen and oxygen atoms in total. The Kier molecular flexibility index (Phi) is 3.91. The fourth-order valence-electron chi connectivity index (χ4n) is 4.11. The predicted molar refractivity (Wildman–Crippen MR) is 86.2 cm³/mol. The molecule has 0 saturated carbocycles. The van der Waals surface area contributed by atoms with E-state index < -0.39 is 0 Å². The van der Waals surface area contributed by atoms with E-state index in [-0.39, 0.29) is 0 Å². The molecule has 1 aliphatic carbocycles. The fourth-order valence-corrected chi connectivity index (χ4v) is 4.11. The SMILES string of the molecule is CCCC1c2ccccc2C(c2ccccc2)C1CC. The van der Waals surface area contributed by atoms with E-state index in [0.29, 0.717) is 5.92 Å². The number of fused-ring (bicyclic) bond motifs is 1. The van der Waals surface area contributed by atoms with Crippen LogP contribution in [0.2, 0.25) is 0 Å². The molecule has 3 rings (SSSR count). The van der Waals surface area contributed by atoms with E-state index in [2.05, 4.69) is 68.4 Å². The Labute approximate surface area is 122 Å². The molecule has 104 valence electrons. The van der Waals surface area contributed by atoms with Crippen molar-refractivity contribution < 1.29 is 0 Å². The Morgan fingerprint density at radius 2 is 1.45 bits per heavy atom. The molecular formula is C20H24. The molecule has 0 amide bonds. The number of hydrogen-bond acceptors (Lipinski definition) is 0. The summed E-state index contributed by atoms with van der Waals surface area (Å²) in [6.07, 6.45) is 3.86. The summed E-state index contributed by atoms with van der Waals surface area (Å²) in [5, 5.41) is 0. The quantitative estimate of drug-likeness (QED) is 0.660. The maximum Gasteiger partial charge on any atom is 0.0126 e. The molecule has 0 spiro atoms. The number of hydrogen-bond donors (Lipinski definition) is 0. The zero-order valence-corrected chi connectivity index (χ0v) is 12.5. The molecule has 0 fully saturated rings.